The smallest absolute Gasteiger partial charge is 0.224 e. The summed E-state index contributed by atoms with van der Waals surface area (Å²) in [5.41, 5.74) is 0.938. The summed E-state index contributed by atoms with van der Waals surface area (Å²) in [4.78, 5) is 10.8. The van der Waals surface area contributed by atoms with E-state index in [1.54, 1.807) is 12.3 Å². The molecular formula is C17H21FN4O. The number of aliphatic hydroxyl groups excluding tert-OH is 1. The Hall–Kier alpha value is -2.21. The number of piperidine rings is 1. The van der Waals surface area contributed by atoms with Crippen molar-refractivity contribution in [2.45, 2.75) is 25.4 Å². The van der Waals surface area contributed by atoms with Gasteiger partial charge in [-0.3, -0.25) is 0 Å². The van der Waals surface area contributed by atoms with E-state index < -0.39 is 0 Å². The van der Waals surface area contributed by atoms with Gasteiger partial charge in [-0.1, -0.05) is 12.1 Å². The Morgan fingerprint density at radius 1 is 1.35 bits per heavy atom. The van der Waals surface area contributed by atoms with E-state index in [1.807, 2.05) is 12.1 Å². The van der Waals surface area contributed by atoms with E-state index in [2.05, 4.69) is 20.2 Å². The molecule has 1 unspecified atom stereocenters. The van der Waals surface area contributed by atoms with Crippen molar-refractivity contribution < 1.29 is 9.50 Å². The predicted molar refractivity (Wildman–Crippen MR) is 88.1 cm³/mol. The first-order valence-electron chi connectivity index (χ1n) is 7.95. The molecule has 5 nitrogen and oxygen atoms in total. The molecule has 0 saturated carbocycles. The average molecular weight is 316 g/mol. The summed E-state index contributed by atoms with van der Waals surface area (Å²) >= 11 is 0. The molecular weight excluding hydrogens is 295 g/mol. The third-order valence-electron chi connectivity index (χ3n) is 3.95. The Bertz CT molecular complexity index is 652. The van der Waals surface area contributed by atoms with Gasteiger partial charge < -0.3 is 15.3 Å². The van der Waals surface area contributed by atoms with Crippen molar-refractivity contribution in [2.24, 2.45) is 0 Å². The number of hydrogen-bond acceptors (Lipinski definition) is 5. The summed E-state index contributed by atoms with van der Waals surface area (Å²) in [6, 6.07) is 8.45. The molecule has 1 aliphatic heterocycles. The molecule has 6 heteroatoms. The molecule has 3 rings (SSSR count). The largest absolute Gasteiger partial charge is 0.391 e. The van der Waals surface area contributed by atoms with Crippen LogP contribution in [0.5, 0.6) is 0 Å². The molecule has 1 atom stereocenters. The molecule has 1 aromatic carbocycles. The third-order valence-corrected chi connectivity index (χ3v) is 3.95. The number of nitrogens with zero attached hydrogens (tertiary/aromatic N) is 3. The number of anilines is 2. The summed E-state index contributed by atoms with van der Waals surface area (Å²) in [6.45, 7) is 2.14. The first-order valence-corrected chi connectivity index (χ1v) is 7.95. The molecule has 2 N–H and O–H groups in total. The van der Waals surface area contributed by atoms with Gasteiger partial charge in [0, 0.05) is 25.8 Å². The lowest BCUT2D eigenvalue weighted by Crippen LogP contribution is -2.38. The standard InChI is InChI=1S/C17H21FN4O/c18-14-4-1-3-13(11-14)6-8-19-17-20-9-7-16(21-17)22-10-2-5-15(23)12-22/h1,3-4,7,9,11,15,23H,2,5-6,8,10,12H2,(H,19,20,21). The zero-order valence-electron chi connectivity index (χ0n) is 13.0. The molecule has 1 aliphatic rings. The van der Waals surface area contributed by atoms with Gasteiger partial charge in [-0.25, -0.2) is 9.37 Å². The first-order chi connectivity index (χ1) is 11.2. The molecule has 0 radical (unpaired) electrons. The second-order valence-corrected chi connectivity index (χ2v) is 5.79. The van der Waals surface area contributed by atoms with Crippen LogP contribution < -0.4 is 10.2 Å². The van der Waals surface area contributed by atoms with Crippen LogP contribution in [0.2, 0.25) is 0 Å². The predicted octanol–water partition coefficient (Wildman–Crippen LogP) is 2.23. The SMILES string of the molecule is OC1CCCN(c2ccnc(NCCc3cccc(F)c3)n2)C1. The van der Waals surface area contributed by atoms with Crippen LogP contribution in [0.25, 0.3) is 0 Å². The summed E-state index contributed by atoms with van der Waals surface area (Å²) in [5.74, 6) is 1.16. The summed E-state index contributed by atoms with van der Waals surface area (Å²) in [5, 5.41) is 12.9. The molecule has 1 aromatic heterocycles. The number of aromatic nitrogens is 2. The maximum Gasteiger partial charge on any atom is 0.224 e. The number of β-amino-alcohol motifs (C(OH)–C–C–N with tert-alkyl or cyclic N) is 1. The van der Waals surface area contributed by atoms with Gasteiger partial charge in [0.15, 0.2) is 0 Å². The lowest BCUT2D eigenvalue weighted by molar-refractivity contribution is 0.154. The zero-order valence-corrected chi connectivity index (χ0v) is 13.0. The van der Waals surface area contributed by atoms with Gasteiger partial charge in [0.05, 0.1) is 6.10 Å². The van der Waals surface area contributed by atoms with Crippen molar-refractivity contribution >= 4 is 11.8 Å². The highest BCUT2D eigenvalue weighted by atomic mass is 19.1. The normalized spacial score (nSPS) is 18.0. The minimum absolute atomic E-state index is 0.218. The Labute approximate surface area is 135 Å². The lowest BCUT2D eigenvalue weighted by Gasteiger charge is -2.31. The Balaban J connectivity index is 1.57. The molecule has 2 aromatic rings. The van der Waals surface area contributed by atoms with Gasteiger partial charge in [-0.15, -0.1) is 0 Å². The highest BCUT2D eigenvalue weighted by molar-refractivity contribution is 5.43. The van der Waals surface area contributed by atoms with E-state index in [0.29, 0.717) is 25.5 Å². The average Bonchev–Trinajstić information content (AvgIpc) is 2.55. The van der Waals surface area contributed by atoms with Crippen molar-refractivity contribution in [2.75, 3.05) is 29.9 Å². The summed E-state index contributed by atoms with van der Waals surface area (Å²) in [7, 11) is 0. The van der Waals surface area contributed by atoms with Gasteiger partial charge in [-0.05, 0) is 43.0 Å². The Kier molecular flexibility index (Phi) is 5.02. The van der Waals surface area contributed by atoms with Gasteiger partial charge >= 0.3 is 0 Å². The molecule has 0 amide bonds. The molecule has 0 spiro atoms. The van der Waals surface area contributed by atoms with E-state index in [0.717, 1.165) is 30.8 Å². The van der Waals surface area contributed by atoms with Gasteiger partial charge in [-0.2, -0.15) is 4.98 Å². The number of rotatable bonds is 5. The van der Waals surface area contributed by atoms with Crippen molar-refractivity contribution in [1.82, 2.24) is 9.97 Å². The van der Waals surface area contributed by atoms with E-state index in [9.17, 15) is 9.50 Å². The van der Waals surface area contributed by atoms with Crippen LogP contribution in [0.3, 0.4) is 0 Å². The minimum Gasteiger partial charge on any atom is -0.391 e. The van der Waals surface area contributed by atoms with Crippen LogP contribution in [0.1, 0.15) is 18.4 Å². The van der Waals surface area contributed by atoms with Crippen molar-refractivity contribution in [3.63, 3.8) is 0 Å². The highest BCUT2D eigenvalue weighted by Gasteiger charge is 2.19. The van der Waals surface area contributed by atoms with Crippen LogP contribution in [0, 0.1) is 5.82 Å². The van der Waals surface area contributed by atoms with Crippen molar-refractivity contribution in [3.8, 4) is 0 Å². The molecule has 122 valence electrons. The quantitative estimate of drug-likeness (QED) is 0.886. The Morgan fingerprint density at radius 3 is 3.09 bits per heavy atom. The number of halogens is 1. The van der Waals surface area contributed by atoms with Gasteiger partial charge in [0.25, 0.3) is 0 Å². The van der Waals surface area contributed by atoms with Crippen molar-refractivity contribution in [1.29, 1.82) is 0 Å². The van der Waals surface area contributed by atoms with E-state index in [4.69, 9.17) is 0 Å². The fourth-order valence-electron chi connectivity index (χ4n) is 2.78. The number of aliphatic hydroxyl groups is 1. The van der Waals surface area contributed by atoms with E-state index in [-0.39, 0.29) is 11.9 Å². The monoisotopic (exact) mass is 316 g/mol. The number of benzene rings is 1. The fourth-order valence-corrected chi connectivity index (χ4v) is 2.78. The molecule has 23 heavy (non-hydrogen) atoms. The topological polar surface area (TPSA) is 61.3 Å². The van der Waals surface area contributed by atoms with Gasteiger partial charge in [0.1, 0.15) is 11.6 Å². The van der Waals surface area contributed by atoms with Crippen LogP contribution in [0.15, 0.2) is 36.5 Å². The lowest BCUT2D eigenvalue weighted by atomic mass is 10.1. The summed E-state index contributed by atoms with van der Waals surface area (Å²) in [6.07, 6.45) is 3.94. The molecule has 0 aliphatic carbocycles. The minimum atomic E-state index is -0.289. The first kappa shape index (κ1) is 15.7. The van der Waals surface area contributed by atoms with E-state index >= 15 is 0 Å². The van der Waals surface area contributed by atoms with Crippen LogP contribution in [-0.2, 0) is 6.42 Å². The number of nitrogens with one attached hydrogen (secondary N) is 1. The van der Waals surface area contributed by atoms with Crippen LogP contribution >= 0.6 is 0 Å². The highest BCUT2D eigenvalue weighted by Crippen LogP contribution is 2.18. The third kappa shape index (κ3) is 4.39. The zero-order chi connectivity index (χ0) is 16.1. The molecule has 0 bridgehead atoms. The van der Waals surface area contributed by atoms with E-state index in [1.165, 1.54) is 12.1 Å². The maximum atomic E-state index is 13.1. The van der Waals surface area contributed by atoms with Crippen LogP contribution in [0.4, 0.5) is 16.2 Å². The Morgan fingerprint density at radius 2 is 2.26 bits per heavy atom. The van der Waals surface area contributed by atoms with Crippen LogP contribution in [-0.4, -0.2) is 40.8 Å². The number of hydrogen-bond donors (Lipinski definition) is 2. The van der Waals surface area contributed by atoms with Gasteiger partial charge in [0.2, 0.25) is 5.95 Å². The molecule has 1 saturated heterocycles. The summed E-state index contributed by atoms with van der Waals surface area (Å²) < 4.78 is 13.1. The fraction of sp³-hybridized carbons (Fsp3) is 0.412. The maximum absolute atomic E-state index is 13.1. The second kappa shape index (κ2) is 7.37. The van der Waals surface area contributed by atoms with Crippen molar-refractivity contribution in [3.05, 3.63) is 47.9 Å². The molecule has 2 heterocycles. The second-order valence-electron chi connectivity index (χ2n) is 5.79. The molecule has 1 fully saturated rings.